The molecule has 0 amide bonds. The number of nitrogens with one attached hydrogen (secondary N) is 1. The summed E-state index contributed by atoms with van der Waals surface area (Å²) in [7, 11) is 0. The first-order valence-electron chi connectivity index (χ1n) is 9.90. The van der Waals surface area contributed by atoms with Crippen LogP contribution in [0.25, 0.3) is 0 Å². The summed E-state index contributed by atoms with van der Waals surface area (Å²) in [5.41, 5.74) is 5.16. The molecule has 1 aliphatic heterocycles. The summed E-state index contributed by atoms with van der Waals surface area (Å²) in [6.45, 7) is 2.59. The Kier molecular flexibility index (Phi) is 4.39. The van der Waals surface area contributed by atoms with Crippen molar-refractivity contribution in [2.75, 3.05) is 5.32 Å². The molecule has 0 bridgehead atoms. The van der Waals surface area contributed by atoms with Crippen LogP contribution in [0.3, 0.4) is 0 Å². The van der Waals surface area contributed by atoms with Crippen LogP contribution in [0.5, 0.6) is 5.75 Å². The van der Waals surface area contributed by atoms with Crippen LogP contribution in [0.15, 0.2) is 66.1 Å². The van der Waals surface area contributed by atoms with E-state index in [1.807, 2.05) is 24.3 Å². The summed E-state index contributed by atoms with van der Waals surface area (Å²) < 4.78 is 7.73. The molecule has 6 nitrogen and oxygen atoms in total. The number of hydrogen-bond acceptors (Lipinski definition) is 5. The predicted octanol–water partition coefficient (Wildman–Crippen LogP) is 4.19. The Labute approximate surface area is 169 Å². The largest absolute Gasteiger partial charge is 0.489 e. The van der Waals surface area contributed by atoms with Crippen molar-refractivity contribution in [1.82, 2.24) is 14.8 Å². The standard InChI is InChI=1S/C23H22N4O2/c1-15-5-7-16(8-6-15)13-29-18-11-9-17(10-12-18)22-21-19(3-2-4-20(21)28)26-23-24-14-25-27(22)23/h5-12,14,22H,2-4,13H2,1H3,(H,24,25,26). The third-order valence-corrected chi connectivity index (χ3v) is 5.53. The lowest BCUT2D eigenvalue weighted by Crippen LogP contribution is -2.31. The van der Waals surface area contributed by atoms with Crippen molar-refractivity contribution < 1.29 is 9.53 Å². The number of aromatic nitrogens is 3. The minimum atomic E-state index is -0.248. The van der Waals surface area contributed by atoms with E-state index >= 15 is 0 Å². The van der Waals surface area contributed by atoms with Gasteiger partial charge in [-0.15, -0.1) is 0 Å². The fraction of sp³-hybridized carbons (Fsp3) is 0.261. The lowest BCUT2D eigenvalue weighted by Gasteiger charge is -2.32. The van der Waals surface area contributed by atoms with Crippen molar-refractivity contribution in [2.45, 2.75) is 38.8 Å². The van der Waals surface area contributed by atoms with Crippen molar-refractivity contribution in [3.05, 3.63) is 82.8 Å². The fourth-order valence-electron chi connectivity index (χ4n) is 4.00. The predicted molar refractivity (Wildman–Crippen MR) is 110 cm³/mol. The second-order valence-corrected chi connectivity index (χ2v) is 7.57. The first-order valence-corrected chi connectivity index (χ1v) is 9.90. The number of hydrogen-bond donors (Lipinski definition) is 1. The van der Waals surface area contributed by atoms with Crippen molar-refractivity contribution in [3.63, 3.8) is 0 Å². The average molecular weight is 386 g/mol. The summed E-state index contributed by atoms with van der Waals surface area (Å²) in [5.74, 6) is 1.67. The van der Waals surface area contributed by atoms with Crippen LogP contribution in [0.1, 0.15) is 42.0 Å². The number of aryl methyl sites for hydroxylation is 1. The number of ketones is 1. The molecular weight excluding hydrogens is 364 g/mol. The maximum absolute atomic E-state index is 12.7. The molecule has 0 saturated heterocycles. The zero-order valence-electron chi connectivity index (χ0n) is 16.3. The number of rotatable bonds is 4. The van der Waals surface area contributed by atoms with Gasteiger partial charge in [-0.1, -0.05) is 42.0 Å². The molecule has 2 aromatic carbocycles. The second-order valence-electron chi connectivity index (χ2n) is 7.57. The minimum absolute atomic E-state index is 0.185. The zero-order valence-corrected chi connectivity index (χ0v) is 16.3. The number of benzene rings is 2. The van der Waals surface area contributed by atoms with Gasteiger partial charge in [-0.2, -0.15) is 10.1 Å². The molecule has 3 aromatic rings. The van der Waals surface area contributed by atoms with Crippen LogP contribution in [0, 0.1) is 6.92 Å². The number of carbonyl (C=O) groups excluding carboxylic acids is 1. The zero-order chi connectivity index (χ0) is 19.8. The van der Waals surface area contributed by atoms with Crippen molar-refractivity contribution in [2.24, 2.45) is 0 Å². The Bertz CT molecular complexity index is 1080. The molecule has 1 aromatic heterocycles. The molecule has 2 aliphatic rings. The number of allylic oxidation sites excluding steroid dienone is 2. The van der Waals surface area contributed by atoms with Crippen molar-refractivity contribution in [1.29, 1.82) is 0 Å². The Balaban J connectivity index is 1.41. The van der Waals surface area contributed by atoms with E-state index < -0.39 is 0 Å². The van der Waals surface area contributed by atoms with E-state index in [2.05, 4.69) is 46.6 Å². The molecule has 0 spiro atoms. The van der Waals surface area contributed by atoms with Crippen molar-refractivity contribution >= 4 is 11.7 Å². The lowest BCUT2D eigenvalue weighted by molar-refractivity contribution is -0.116. The number of Topliss-reactive ketones (excluding diaryl/α,β-unsaturated/α-hetero) is 1. The van der Waals surface area contributed by atoms with Crippen LogP contribution in [-0.2, 0) is 11.4 Å². The van der Waals surface area contributed by atoms with Gasteiger partial charge in [0, 0.05) is 17.7 Å². The summed E-state index contributed by atoms with van der Waals surface area (Å²) >= 11 is 0. The Morgan fingerprint density at radius 3 is 2.69 bits per heavy atom. The van der Waals surface area contributed by atoms with Gasteiger partial charge in [-0.25, -0.2) is 4.68 Å². The SMILES string of the molecule is Cc1ccc(COc2ccc(C3C4=C(CCCC4=O)Nc4ncnn43)cc2)cc1. The molecule has 1 aliphatic carbocycles. The number of ether oxygens (including phenoxy) is 1. The molecule has 1 atom stereocenters. The normalized spacial score (nSPS) is 18.1. The molecule has 2 heterocycles. The number of nitrogens with zero attached hydrogens (tertiary/aromatic N) is 3. The van der Waals surface area contributed by atoms with Crippen LogP contribution >= 0.6 is 0 Å². The van der Waals surface area contributed by atoms with Crippen LogP contribution < -0.4 is 10.1 Å². The quantitative estimate of drug-likeness (QED) is 0.728. The van der Waals surface area contributed by atoms with Crippen LogP contribution in [0.4, 0.5) is 5.95 Å². The van der Waals surface area contributed by atoms with Gasteiger partial charge in [0.2, 0.25) is 5.95 Å². The second kappa shape index (κ2) is 7.20. The third-order valence-electron chi connectivity index (χ3n) is 5.53. The molecule has 0 fully saturated rings. The highest BCUT2D eigenvalue weighted by Crippen LogP contribution is 2.39. The maximum Gasteiger partial charge on any atom is 0.226 e. The summed E-state index contributed by atoms with van der Waals surface area (Å²) in [6.07, 6.45) is 3.84. The number of fused-ring (bicyclic) bond motifs is 1. The van der Waals surface area contributed by atoms with E-state index in [-0.39, 0.29) is 11.8 Å². The topological polar surface area (TPSA) is 69.0 Å². The van der Waals surface area contributed by atoms with Gasteiger partial charge in [-0.05, 0) is 43.0 Å². The lowest BCUT2D eigenvalue weighted by atomic mass is 9.85. The molecule has 5 rings (SSSR count). The van der Waals surface area contributed by atoms with E-state index in [0.29, 0.717) is 19.0 Å². The number of anilines is 1. The Hall–Kier alpha value is -3.41. The molecule has 0 radical (unpaired) electrons. The van der Waals surface area contributed by atoms with Gasteiger partial charge >= 0.3 is 0 Å². The van der Waals surface area contributed by atoms with Gasteiger partial charge in [0.25, 0.3) is 0 Å². The maximum atomic E-state index is 12.7. The van der Waals surface area contributed by atoms with Gasteiger partial charge in [-0.3, -0.25) is 4.79 Å². The smallest absolute Gasteiger partial charge is 0.226 e. The highest BCUT2D eigenvalue weighted by atomic mass is 16.5. The highest BCUT2D eigenvalue weighted by Gasteiger charge is 2.35. The number of carbonyl (C=O) groups is 1. The molecular formula is C23H22N4O2. The van der Waals surface area contributed by atoms with E-state index in [4.69, 9.17) is 4.74 Å². The Morgan fingerprint density at radius 1 is 1.10 bits per heavy atom. The van der Waals surface area contributed by atoms with Crippen LogP contribution in [0.2, 0.25) is 0 Å². The third kappa shape index (κ3) is 3.31. The van der Waals surface area contributed by atoms with Crippen LogP contribution in [-0.4, -0.2) is 20.5 Å². The van der Waals surface area contributed by atoms with Gasteiger partial charge in [0.1, 0.15) is 24.7 Å². The first kappa shape index (κ1) is 17.7. The fourth-order valence-corrected chi connectivity index (χ4v) is 4.00. The van der Waals surface area contributed by atoms with Gasteiger partial charge in [0.05, 0.1) is 0 Å². The summed E-state index contributed by atoms with van der Waals surface area (Å²) in [5, 5.41) is 7.66. The molecule has 146 valence electrons. The van der Waals surface area contributed by atoms with Crippen molar-refractivity contribution in [3.8, 4) is 5.75 Å². The van der Waals surface area contributed by atoms with Gasteiger partial charge < -0.3 is 10.1 Å². The minimum Gasteiger partial charge on any atom is -0.489 e. The summed E-state index contributed by atoms with van der Waals surface area (Å²) in [4.78, 5) is 17.0. The summed E-state index contributed by atoms with van der Waals surface area (Å²) in [6, 6.07) is 16.0. The van der Waals surface area contributed by atoms with E-state index in [1.54, 1.807) is 4.68 Å². The van der Waals surface area contributed by atoms with E-state index in [0.717, 1.165) is 41.0 Å². The molecule has 1 unspecified atom stereocenters. The van der Waals surface area contributed by atoms with E-state index in [1.165, 1.54) is 11.9 Å². The molecule has 29 heavy (non-hydrogen) atoms. The average Bonchev–Trinajstić information content (AvgIpc) is 3.21. The van der Waals surface area contributed by atoms with Gasteiger partial charge in [0.15, 0.2) is 5.78 Å². The Morgan fingerprint density at radius 2 is 1.90 bits per heavy atom. The molecule has 0 saturated carbocycles. The monoisotopic (exact) mass is 386 g/mol. The highest BCUT2D eigenvalue weighted by molar-refractivity contribution is 5.99. The van der Waals surface area contributed by atoms with E-state index in [9.17, 15) is 4.79 Å². The molecule has 6 heteroatoms. The molecule has 1 N–H and O–H groups in total. The first-order chi connectivity index (χ1) is 14.2.